The lowest BCUT2D eigenvalue weighted by atomic mass is 10.1. The van der Waals surface area contributed by atoms with Crippen LogP contribution in [0.2, 0.25) is 0 Å². The van der Waals surface area contributed by atoms with Gasteiger partial charge in [0.15, 0.2) is 0 Å². The number of aromatic amines is 1. The number of nitrogens with one attached hydrogen (secondary N) is 1. The van der Waals surface area contributed by atoms with Gasteiger partial charge in [-0.1, -0.05) is 12.1 Å². The molecule has 0 saturated heterocycles. The summed E-state index contributed by atoms with van der Waals surface area (Å²) in [4.78, 5) is 18.4. The van der Waals surface area contributed by atoms with Crippen molar-refractivity contribution in [3.8, 4) is 17.5 Å². The second-order valence-corrected chi connectivity index (χ2v) is 4.28. The number of nitrogens with zero attached hydrogens (tertiary/aromatic N) is 2. The Kier molecular flexibility index (Phi) is 2.70. The Balaban J connectivity index is 2.18. The van der Waals surface area contributed by atoms with E-state index >= 15 is 0 Å². The quantitative estimate of drug-likeness (QED) is 0.743. The molecule has 3 aromatic rings. The van der Waals surface area contributed by atoms with E-state index in [0.717, 1.165) is 0 Å². The molecule has 0 fully saturated rings. The van der Waals surface area contributed by atoms with Gasteiger partial charge in [0, 0.05) is 5.56 Å². The Hall–Kier alpha value is -3.13. The van der Waals surface area contributed by atoms with Gasteiger partial charge in [0.05, 0.1) is 28.2 Å². The Morgan fingerprint density at radius 1 is 1.25 bits per heavy atom. The Bertz CT molecular complexity index is 859. The molecule has 0 spiro atoms. The van der Waals surface area contributed by atoms with Crippen molar-refractivity contribution in [2.75, 3.05) is 0 Å². The number of benzene rings is 2. The first-order valence-corrected chi connectivity index (χ1v) is 5.91. The zero-order chi connectivity index (χ0) is 14.1. The van der Waals surface area contributed by atoms with Gasteiger partial charge in [0.1, 0.15) is 5.82 Å². The molecule has 5 heteroatoms. The molecule has 0 atom stereocenters. The van der Waals surface area contributed by atoms with E-state index in [9.17, 15) is 4.79 Å². The Morgan fingerprint density at radius 2 is 2.05 bits per heavy atom. The maximum absolute atomic E-state index is 10.9. The molecule has 0 aliphatic carbocycles. The van der Waals surface area contributed by atoms with Crippen LogP contribution < -0.4 is 0 Å². The van der Waals surface area contributed by atoms with Crippen LogP contribution in [0.5, 0.6) is 0 Å². The number of hydrogen-bond donors (Lipinski definition) is 2. The summed E-state index contributed by atoms with van der Waals surface area (Å²) in [6, 6.07) is 13.9. The lowest BCUT2D eigenvalue weighted by Gasteiger charge is -1.98. The van der Waals surface area contributed by atoms with Crippen molar-refractivity contribution in [2.45, 2.75) is 0 Å². The fraction of sp³-hybridized carbons (Fsp3) is 0. The van der Waals surface area contributed by atoms with Gasteiger partial charge < -0.3 is 10.1 Å². The number of carboxylic acids is 1. The number of rotatable bonds is 2. The third kappa shape index (κ3) is 1.89. The van der Waals surface area contributed by atoms with Crippen molar-refractivity contribution in [1.82, 2.24) is 9.97 Å². The molecule has 1 heterocycles. The molecule has 0 aliphatic rings. The first-order chi connectivity index (χ1) is 9.69. The number of hydrogen-bond acceptors (Lipinski definition) is 3. The molecule has 0 unspecified atom stereocenters. The SMILES string of the molecule is N#Cc1ccccc1-c1nc2ccc(C(=O)O)cc2[nH]1. The van der Waals surface area contributed by atoms with Gasteiger partial charge in [-0.3, -0.25) is 0 Å². The van der Waals surface area contributed by atoms with Gasteiger partial charge >= 0.3 is 5.97 Å². The molecule has 2 aromatic carbocycles. The molecule has 2 N–H and O–H groups in total. The molecular formula is C15H9N3O2. The molecule has 0 radical (unpaired) electrons. The number of nitriles is 1. The maximum Gasteiger partial charge on any atom is 0.335 e. The average molecular weight is 263 g/mol. The van der Waals surface area contributed by atoms with Crippen LogP contribution in [-0.2, 0) is 0 Å². The minimum atomic E-state index is -0.986. The van der Waals surface area contributed by atoms with Crippen LogP contribution in [0.3, 0.4) is 0 Å². The zero-order valence-corrected chi connectivity index (χ0v) is 10.3. The number of imidazole rings is 1. The minimum absolute atomic E-state index is 0.196. The van der Waals surface area contributed by atoms with Crippen molar-refractivity contribution < 1.29 is 9.90 Å². The van der Waals surface area contributed by atoms with Crippen LogP contribution in [-0.4, -0.2) is 21.0 Å². The summed E-state index contributed by atoms with van der Waals surface area (Å²) in [5.74, 6) is -0.430. The maximum atomic E-state index is 10.9. The van der Waals surface area contributed by atoms with Crippen LogP contribution in [0.1, 0.15) is 15.9 Å². The molecule has 3 rings (SSSR count). The largest absolute Gasteiger partial charge is 0.478 e. The van der Waals surface area contributed by atoms with E-state index in [1.54, 1.807) is 24.3 Å². The second kappa shape index (κ2) is 4.52. The van der Waals surface area contributed by atoms with Crippen molar-refractivity contribution in [2.24, 2.45) is 0 Å². The lowest BCUT2D eigenvalue weighted by molar-refractivity contribution is 0.0697. The fourth-order valence-electron chi connectivity index (χ4n) is 2.06. The number of H-pyrrole nitrogens is 1. The highest BCUT2D eigenvalue weighted by Gasteiger charge is 2.11. The van der Waals surface area contributed by atoms with Crippen molar-refractivity contribution in [1.29, 1.82) is 5.26 Å². The average Bonchev–Trinajstić information content (AvgIpc) is 2.89. The van der Waals surface area contributed by atoms with Crippen molar-refractivity contribution in [3.63, 3.8) is 0 Å². The van der Waals surface area contributed by atoms with Crippen LogP contribution >= 0.6 is 0 Å². The molecule has 0 bridgehead atoms. The standard InChI is InChI=1S/C15H9N3O2/c16-8-10-3-1-2-4-11(10)14-17-12-6-5-9(15(19)20)7-13(12)18-14/h1-7H,(H,17,18)(H,19,20). The summed E-state index contributed by atoms with van der Waals surface area (Å²) >= 11 is 0. The zero-order valence-electron chi connectivity index (χ0n) is 10.3. The highest BCUT2D eigenvalue weighted by Crippen LogP contribution is 2.24. The number of fused-ring (bicyclic) bond motifs is 1. The summed E-state index contributed by atoms with van der Waals surface area (Å²) in [6.07, 6.45) is 0. The van der Waals surface area contributed by atoms with Crippen LogP contribution in [0.4, 0.5) is 0 Å². The molecule has 0 amide bonds. The second-order valence-electron chi connectivity index (χ2n) is 4.28. The molecule has 0 aliphatic heterocycles. The van der Waals surface area contributed by atoms with E-state index in [2.05, 4.69) is 16.0 Å². The molecule has 20 heavy (non-hydrogen) atoms. The summed E-state index contributed by atoms with van der Waals surface area (Å²) < 4.78 is 0. The predicted molar refractivity (Wildman–Crippen MR) is 73.2 cm³/mol. The Labute approximate surface area is 114 Å². The number of aromatic nitrogens is 2. The Morgan fingerprint density at radius 3 is 2.80 bits per heavy atom. The number of aromatic carboxylic acids is 1. The number of carboxylic acid groups (broad SMARTS) is 1. The van der Waals surface area contributed by atoms with E-state index in [1.165, 1.54) is 12.1 Å². The summed E-state index contributed by atoms with van der Waals surface area (Å²) in [5, 5.41) is 18.1. The molecule has 0 saturated carbocycles. The lowest BCUT2D eigenvalue weighted by Crippen LogP contribution is -1.94. The predicted octanol–water partition coefficient (Wildman–Crippen LogP) is 2.80. The third-order valence-corrected chi connectivity index (χ3v) is 3.03. The topological polar surface area (TPSA) is 89.8 Å². The van der Waals surface area contributed by atoms with Gasteiger partial charge in [-0.15, -0.1) is 0 Å². The highest BCUT2D eigenvalue weighted by molar-refractivity contribution is 5.93. The van der Waals surface area contributed by atoms with E-state index in [-0.39, 0.29) is 5.56 Å². The van der Waals surface area contributed by atoms with Crippen LogP contribution in [0.15, 0.2) is 42.5 Å². The number of carbonyl (C=O) groups is 1. The summed E-state index contributed by atoms with van der Waals surface area (Å²) in [7, 11) is 0. The van der Waals surface area contributed by atoms with Crippen LogP contribution in [0.25, 0.3) is 22.4 Å². The van der Waals surface area contributed by atoms with Crippen molar-refractivity contribution in [3.05, 3.63) is 53.6 Å². The highest BCUT2D eigenvalue weighted by atomic mass is 16.4. The van der Waals surface area contributed by atoms with E-state index < -0.39 is 5.97 Å². The van der Waals surface area contributed by atoms with E-state index in [1.807, 2.05) is 6.07 Å². The van der Waals surface area contributed by atoms with E-state index in [4.69, 9.17) is 10.4 Å². The first kappa shape index (κ1) is 11.9. The summed E-state index contributed by atoms with van der Waals surface area (Å²) in [5.41, 5.74) is 2.71. The van der Waals surface area contributed by atoms with Crippen LogP contribution in [0, 0.1) is 11.3 Å². The molecule has 1 aromatic heterocycles. The normalized spacial score (nSPS) is 10.3. The molecular weight excluding hydrogens is 254 g/mol. The van der Waals surface area contributed by atoms with Gasteiger partial charge in [0.2, 0.25) is 0 Å². The van der Waals surface area contributed by atoms with Gasteiger partial charge in [-0.2, -0.15) is 5.26 Å². The molecule has 5 nitrogen and oxygen atoms in total. The smallest absolute Gasteiger partial charge is 0.335 e. The fourth-order valence-corrected chi connectivity index (χ4v) is 2.06. The van der Waals surface area contributed by atoms with Gasteiger partial charge in [-0.25, -0.2) is 9.78 Å². The monoisotopic (exact) mass is 263 g/mol. The van der Waals surface area contributed by atoms with Gasteiger partial charge in [-0.05, 0) is 30.3 Å². The first-order valence-electron chi connectivity index (χ1n) is 5.91. The van der Waals surface area contributed by atoms with E-state index in [0.29, 0.717) is 28.0 Å². The van der Waals surface area contributed by atoms with Crippen molar-refractivity contribution >= 4 is 17.0 Å². The summed E-state index contributed by atoms with van der Waals surface area (Å²) in [6.45, 7) is 0. The third-order valence-electron chi connectivity index (χ3n) is 3.03. The molecule has 96 valence electrons. The van der Waals surface area contributed by atoms with Gasteiger partial charge in [0.25, 0.3) is 0 Å². The minimum Gasteiger partial charge on any atom is -0.478 e.